The smallest absolute Gasteiger partial charge is 0.339 e. The number of ether oxygens (including phenoxy) is 2. The summed E-state index contributed by atoms with van der Waals surface area (Å²) in [6.07, 6.45) is 1.56. The fourth-order valence-electron chi connectivity index (χ4n) is 1.93. The number of rotatable bonds is 4. The predicted molar refractivity (Wildman–Crippen MR) is 80.1 cm³/mol. The molecule has 0 unspecified atom stereocenters. The normalized spacial score (nSPS) is 10.6. The molecule has 6 nitrogen and oxygen atoms in total. The number of benzene rings is 1. The van der Waals surface area contributed by atoms with Gasteiger partial charge < -0.3 is 9.47 Å². The van der Waals surface area contributed by atoms with Crippen molar-refractivity contribution in [3.8, 4) is 5.75 Å². The Morgan fingerprint density at radius 2 is 2.09 bits per heavy atom. The number of halogens is 1. The maximum atomic E-state index is 11.5. The van der Waals surface area contributed by atoms with Crippen molar-refractivity contribution in [3.05, 3.63) is 59.0 Å². The summed E-state index contributed by atoms with van der Waals surface area (Å²) in [6, 6.07) is 10.5. The summed E-state index contributed by atoms with van der Waals surface area (Å²) < 4.78 is 11.8. The van der Waals surface area contributed by atoms with Gasteiger partial charge in [0.15, 0.2) is 11.5 Å². The van der Waals surface area contributed by atoms with E-state index >= 15 is 0 Å². The molecule has 0 saturated heterocycles. The van der Waals surface area contributed by atoms with Crippen molar-refractivity contribution in [1.29, 1.82) is 0 Å². The summed E-state index contributed by atoms with van der Waals surface area (Å²) >= 11 is 6.02. The lowest BCUT2D eigenvalue weighted by Crippen LogP contribution is -2.03. The van der Waals surface area contributed by atoms with Crippen LogP contribution in [0.5, 0.6) is 5.75 Å². The Morgan fingerprint density at radius 3 is 2.86 bits per heavy atom. The third-order valence-corrected chi connectivity index (χ3v) is 3.30. The van der Waals surface area contributed by atoms with E-state index in [1.54, 1.807) is 30.5 Å². The van der Waals surface area contributed by atoms with Crippen molar-refractivity contribution in [2.45, 2.75) is 6.61 Å². The van der Waals surface area contributed by atoms with E-state index in [0.29, 0.717) is 27.8 Å². The molecular weight excluding hydrogens is 306 g/mol. The molecule has 0 aliphatic rings. The fourth-order valence-corrected chi connectivity index (χ4v) is 2.12. The van der Waals surface area contributed by atoms with Gasteiger partial charge in [0.25, 0.3) is 0 Å². The fraction of sp³-hybridized carbons (Fsp3) is 0.133. The van der Waals surface area contributed by atoms with Gasteiger partial charge in [-0.3, -0.25) is 0 Å². The first-order chi connectivity index (χ1) is 10.7. The highest BCUT2D eigenvalue weighted by molar-refractivity contribution is 6.32. The summed E-state index contributed by atoms with van der Waals surface area (Å²) in [5.41, 5.74) is 1.02. The van der Waals surface area contributed by atoms with Gasteiger partial charge in [0.2, 0.25) is 0 Å². The zero-order valence-corrected chi connectivity index (χ0v) is 12.4. The minimum atomic E-state index is -0.425. The molecule has 112 valence electrons. The molecule has 3 rings (SSSR count). The lowest BCUT2D eigenvalue weighted by molar-refractivity contribution is 0.0600. The number of methoxy groups -OCH3 is 1. The predicted octanol–water partition coefficient (Wildman–Crippen LogP) is 2.75. The van der Waals surface area contributed by atoms with E-state index < -0.39 is 5.97 Å². The largest absolute Gasteiger partial charge is 0.484 e. The first-order valence-electron chi connectivity index (χ1n) is 6.48. The maximum absolute atomic E-state index is 11.5. The standard InChI is InChI=1S/C15H12ClN3O3/c1-21-15(20)10-6-7-14-17-13(18-19(14)8-10)9-22-12-5-3-2-4-11(12)16/h2-8H,9H2,1H3. The summed E-state index contributed by atoms with van der Waals surface area (Å²) in [6.45, 7) is 0.180. The third-order valence-electron chi connectivity index (χ3n) is 2.99. The van der Waals surface area contributed by atoms with Crippen molar-refractivity contribution in [1.82, 2.24) is 14.6 Å². The molecule has 2 aromatic heterocycles. The van der Waals surface area contributed by atoms with Crippen LogP contribution < -0.4 is 4.74 Å². The van der Waals surface area contributed by atoms with E-state index in [2.05, 4.69) is 14.8 Å². The number of fused-ring (bicyclic) bond motifs is 1. The van der Waals surface area contributed by atoms with Crippen molar-refractivity contribution < 1.29 is 14.3 Å². The van der Waals surface area contributed by atoms with Crippen LogP contribution in [-0.4, -0.2) is 27.7 Å². The van der Waals surface area contributed by atoms with Gasteiger partial charge in [-0.1, -0.05) is 23.7 Å². The van der Waals surface area contributed by atoms with E-state index in [-0.39, 0.29) is 6.61 Å². The van der Waals surface area contributed by atoms with Crippen LogP contribution in [0.25, 0.3) is 5.65 Å². The maximum Gasteiger partial charge on any atom is 0.339 e. The molecular formula is C15H12ClN3O3. The Bertz CT molecular complexity index is 832. The van der Waals surface area contributed by atoms with E-state index in [0.717, 1.165) is 0 Å². The molecule has 2 heterocycles. The van der Waals surface area contributed by atoms with Crippen LogP contribution in [0.1, 0.15) is 16.2 Å². The monoisotopic (exact) mass is 317 g/mol. The lowest BCUT2D eigenvalue weighted by Gasteiger charge is -2.04. The minimum Gasteiger partial charge on any atom is -0.484 e. The summed E-state index contributed by atoms with van der Waals surface area (Å²) in [4.78, 5) is 15.8. The number of carbonyl (C=O) groups excluding carboxylic acids is 1. The molecule has 0 atom stereocenters. The van der Waals surface area contributed by atoms with E-state index in [1.165, 1.54) is 11.6 Å². The van der Waals surface area contributed by atoms with Gasteiger partial charge in [0, 0.05) is 6.20 Å². The van der Waals surface area contributed by atoms with Gasteiger partial charge in [0.05, 0.1) is 17.7 Å². The van der Waals surface area contributed by atoms with Crippen LogP contribution in [-0.2, 0) is 11.3 Å². The number of nitrogens with zero attached hydrogens (tertiary/aromatic N) is 3. The summed E-state index contributed by atoms with van der Waals surface area (Å²) in [5.74, 6) is 0.631. The number of carbonyl (C=O) groups is 1. The van der Waals surface area contributed by atoms with Crippen molar-refractivity contribution in [2.75, 3.05) is 7.11 Å². The van der Waals surface area contributed by atoms with Crippen LogP contribution in [0, 0.1) is 0 Å². The topological polar surface area (TPSA) is 65.7 Å². The molecule has 0 radical (unpaired) electrons. The Kier molecular flexibility index (Phi) is 3.93. The summed E-state index contributed by atoms with van der Waals surface area (Å²) in [7, 11) is 1.33. The number of para-hydroxylation sites is 1. The van der Waals surface area contributed by atoms with E-state index in [4.69, 9.17) is 16.3 Å². The molecule has 0 saturated carbocycles. The van der Waals surface area contributed by atoms with Gasteiger partial charge in [0.1, 0.15) is 12.4 Å². The molecule has 0 fully saturated rings. The first-order valence-corrected chi connectivity index (χ1v) is 6.86. The van der Waals surface area contributed by atoms with Crippen LogP contribution >= 0.6 is 11.6 Å². The van der Waals surface area contributed by atoms with Crippen LogP contribution in [0.4, 0.5) is 0 Å². The number of hydrogen-bond donors (Lipinski definition) is 0. The second-order valence-corrected chi connectivity index (χ2v) is 4.87. The van der Waals surface area contributed by atoms with Gasteiger partial charge in [-0.05, 0) is 24.3 Å². The van der Waals surface area contributed by atoms with Crippen LogP contribution in [0.2, 0.25) is 5.02 Å². The van der Waals surface area contributed by atoms with Gasteiger partial charge in [-0.2, -0.15) is 0 Å². The van der Waals surface area contributed by atoms with Gasteiger partial charge in [-0.15, -0.1) is 5.10 Å². The summed E-state index contributed by atoms with van der Waals surface area (Å²) in [5, 5.41) is 4.79. The first kappa shape index (κ1) is 14.3. The molecule has 0 amide bonds. The Morgan fingerprint density at radius 1 is 1.27 bits per heavy atom. The third kappa shape index (κ3) is 2.87. The molecule has 1 aromatic carbocycles. The Balaban J connectivity index is 1.80. The average molecular weight is 318 g/mol. The number of aromatic nitrogens is 3. The molecule has 0 bridgehead atoms. The molecule has 3 aromatic rings. The van der Waals surface area contributed by atoms with E-state index in [9.17, 15) is 4.79 Å². The Labute approximate surface area is 131 Å². The SMILES string of the molecule is COC(=O)c1ccc2nc(COc3ccccc3Cl)nn2c1. The number of pyridine rings is 1. The molecule has 7 heteroatoms. The quantitative estimate of drug-likeness (QED) is 0.692. The highest BCUT2D eigenvalue weighted by Crippen LogP contribution is 2.23. The molecule has 0 aliphatic carbocycles. The number of esters is 1. The lowest BCUT2D eigenvalue weighted by atomic mass is 10.3. The van der Waals surface area contributed by atoms with Crippen molar-refractivity contribution in [2.24, 2.45) is 0 Å². The second kappa shape index (κ2) is 6.03. The van der Waals surface area contributed by atoms with Gasteiger partial charge in [-0.25, -0.2) is 14.3 Å². The Hall–Kier alpha value is -2.60. The van der Waals surface area contributed by atoms with Crippen LogP contribution in [0.15, 0.2) is 42.6 Å². The number of hydrogen-bond acceptors (Lipinski definition) is 5. The molecule has 0 N–H and O–H groups in total. The highest BCUT2D eigenvalue weighted by Gasteiger charge is 2.10. The molecule has 0 spiro atoms. The van der Waals surface area contributed by atoms with Crippen molar-refractivity contribution >= 4 is 23.2 Å². The van der Waals surface area contributed by atoms with Crippen molar-refractivity contribution in [3.63, 3.8) is 0 Å². The zero-order valence-electron chi connectivity index (χ0n) is 11.7. The average Bonchev–Trinajstić information content (AvgIpc) is 2.95. The minimum absolute atomic E-state index is 0.180. The van der Waals surface area contributed by atoms with Crippen LogP contribution in [0.3, 0.4) is 0 Å². The van der Waals surface area contributed by atoms with E-state index in [1.807, 2.05) is 12.1 Å². The highest BCUT2D eigenvalue weighted by atomic mass is 35.5. The second-order valence-electron chi connectivity index (χ2n) is 4.46. The van der Waals surface area contributed by atoms with Gasteiger partial charge >= 0.3 is 5.97 Å². The molecule has 0 aliphatic heterocycles. The molecule has 22 heavy (non-hydrogen) atoms. The zero-order chi connectivity index (χ0) is 15.5.